The monoisotopic (exact) mass is 306 g/mol. The van der Waals surface area contributed by atoms with Crippen LogP contribution in [0.2, 0.25) is 0 Å². The van der Waals surface area contributed by atoms with E-state index in [1.165, 1.54) is 12.1 Å². The smallest absolute Gasteiger partial charge is 0.193 e. The quantitative estimate of drug-likeness (QED) is 0.697. The Hall–Kier alpha value is -1.95. The van der Waals surface area contributed by atoms with E-state index >= 15 is 0 Å². The fourth-order valence-electron chi connectivity index (χ4n) is 2.02. The van der Waals surface area contributed by atoms with Gasteiger partial charge in [0.15, 0.2) is 5.96 Å². The van der Waals surface area contributed by atoms with Crippen LogP contribution in [0.5, 0.6) is 0 Å². The predicted octanol–water partition coefficient (Wildman–Crippen LogP) is 2.80. The Balaban J connectivity index is 1.94. The van der Waals surface area contributed by atoms with Gasteiger partial charge >= 0.3 is 0 Å². The molecule has 4 nitrogen and oxygen atoms in total. The molecule has 2 rings (SSSR count). The van der Waals surface area contributed by atoms with Crippen molar-refractivity contribution in [3.63, 3.8) is 0 Å². The van der Waals surface area contributed by atoms with Crippen LogP contribution in [0, 0.1) is 12.7 Å². The van der Waals surface area contributed by atoms with Gasteiger partial charge in [0, 0.05) is 31.7 Å². The largest absolute Gasteiger partial charge is 0.351 e. The van der Waals surface area contributed by atoms with Crippen LogP contribution in [0.25, 0.3) is 0 Å². The number of benzene rings is 1. The van der Waals surface area contributed by atoms with Gasteiger partial charge in [0.05, 0.1) is 11.6 Å². The molecule has 1 aromatic heterocycles. The minimum Gasteiger partial charge on any atom is -0.351 e. The van der Waals surface area contributed by atoms with Gasteiger partial charge in [-0.1, -0.05) is 12.1 Å². The maximum absolute atomic E-state index is 13.2. The number of thiazole rings is 1. The van der Waals surface area contributed by atoms with Crippen molar-refractivity contribution in [2.45, 2.75) is 20.0 Å². The lowest BCUT2D eigenvalue weighted by molar-refractivity contribution is 0.475. The van der Waals surface area contributed by atoms with Crippen molar-refractivity contribution in [1.82, 2.24) is 15.2 Å². The molecule has 0 spiro atoms. The summed E-state index contributed by atoms with van der Waals surface area (Å²) in [4.78, 5) is 11.6. The van der Waals surface area contributed by atoms with Crippen molar-refractivity contribution in [1.29, 1.82) is 0 Å². The van der Waals surface area contributed by atoms with Crippen LogP contribution in [0.1, 0.15) is 15.4 Å². The van der Waals surface area contributed by atoms with E-state index in [9.17, 15) is 4.39 Å². The Morgan fingerprint density at radius 1 is 1.48 bits per heavy atom. The fraction of sp³-hybridized carbons (Fsp3) is 0.333. The first-order chi connectivity index (χ1) is 10.1. The van der Waals surface area contributed by atoms with Crippen molar-refractivity contribution >= 4 is 17.3 Å². The second-order valence-electron chi connectivity index (χ2n) is 4.73. The lowest BCUT2D eigenvalue weighted by atomic mass is 10.2. The van der Waals surface area contributed by atoms with E-state index in [-0.39, 0.29) is 5.82 Å². The highest BCUT2D eigenvalue weighted by Crippen LogP contribution is 2.11. The standard InChI is InChI=1S/C15H19FN4S/c1-11-18-8-14(21-11)9-19-15(17-2)20(3)10-12-5-4-6-13(16)7-12/h4-8H,9-10H2,1-3H3,(H,17,19). The molecule has 0 fully saturated rings. The first-order valence-electron chi connectivity index (χ1n) is 6.66. The molecule has 0 aliphatic heterocycles. The molecular formula is C15H19FN4S. The molecule has 6 heteroatoms. The van der Waals surface area contributed by atoms with Gasteiger partial charge < -0.3 is 10.2 Å². The Labute approximate surface area is 128 Å². The highest BCUT2D eigenvalue weighted by atomic mass is 32.1. The third-order valence-corrected chi connectivity index (χ3v) is 3.88. The second-order valence-corrected chi connectivity index (χ2v) is 6.05. The summed E-state index contributed by atoms with van der Waals surface area (Å²) in [7, 11) is 3.67. The van der Waals surface area contributed by atoms with Crippen LogP contribution in [0.3, 0.4) is 0 Å². The van der Waals surface area contributed by atoms with Gasteiger partial charge in [0.1, 0.15) is 5.82 Å². The fourth-order valence-corrected chi connectivity index (χ4v) is 2.76. The molecule has 0 unspecified atom stereocenters. The highest BCUT2D eigenvalue weighted by molar-refractivity contribution is 7.11. The number of nitrogens with one attached hydrogen (secondary N) is 1. The summed E-state index contributed by atoms with van der Waals surface area (Å²) in [6, 6.07) is 6.60. The number of hydrogen-bond acceptors (Lipinski definition) is 3. The zero-order chi connectivity index (χ0) is 15.2. The van der Waals surface area contributed by atoms with Gasteiger partial charge in [-0.05, 0) is 24.6 Å². The molecular weight excluding hydrogens is 287 g/mol. The average molecular weight is 306 g/mol. The molecule has 0 aliphatic rings. The van der Waals surface area contributed by atoms with E-state index in [1.807, 2.05) is 31.1 Å². The molecule has 0 saturated carbocycles. The van der Waals surface area contributed by atoms with Crippen LogP contribution in [0.4, 0.5) is 4.39 Å². The summed E-state index contributed by atoms with van der Waals surface area (Å²) in [6.07, 6.45) is 1.87. The summed E-state index contributed by atoms with van der Waals surface area (Å²) >= 11 is 1.66. The first-order valence-corrected chi connectivity index (χ1v) is 7.47. The summed E-state index contributed by atoms with van der Waals surface area (Å²) < 4.78 is 13.2. The number of hydrogen-bond donors (Lipinski definition) is 1. The summed E-state index contributed by atoms with van der Waals surface area (Å²) in [5.41, 5.74) is 0.911. The van der Waals surface area contributed by atoms with Crippen LogP contribution in [-0.2, 0) is 13.1 Å². The minimum atomic E-state index is -0.219. The molecule has 0 saturated heterocycles. The van der Waals surface area contributed by atoms with Crippen molar-refractivity contribution in [2.75, 3.05) is 14.1 Å². The van der Waals surface area contributed by atoms with Gasteiger partial charge in [-0.25, -0.2) is 9.37 Å². The average Bonchev–Trinajstić information content (AvgIpc) is 2.85. The number of nitrogens with zero attached hydrogens (tertiary/aromatic N) is 3. The van der Waals surface area contributed by atoms with Crippen LogP contribution in [-0.4, -0.2) is 29.9 Å². The van der Waals surface area contributed by atoms with Crippen molar-refractivity contribution in [3.8, 4) is 0 Å². The minimum absolute atomic E-state index is 0.219. The van der Waals surface area contributed by atoms with Crippen LogP contribution in [0.15, 0.2) is 35.5 Å². The number of aryl methyl sites for hydroxylation is 1. The number of aliphatic imine (C=N–C) groups is 1. The van der Waals surface area contributed by atoms with E-state index < -0.39 is 0 Å². The van der Waals surface area contributed by atoms with E-state index in [0.29, 0.717) is 13.1 Å². The Kier molecular flexibility index (Phi) is 5.27. The zero-order valence-corrected chi connectivity index (χ0v) is 13.2. The summed E-state index contributed by atoms with van der Waals surface area (Å²) in [6.45, 7) is 3.27. The molecule has 0 atom stereocenters. The Morgan fingerprint density at radius 3 is 2.90 bits per heavy atom. The predicted molar refractivity (Wildman–Crippen MR) is 84.9 cm³/mol. The summed E-state index contributed by atoms with van der Waals surface area (Å²) in [5.74, 6) is 0.550. The third kappa shape index (κ3) is 4.53. The van der Waals surface area contributed by atoms with Crippen LogP contribution < -0.4 is 5.32 Å². The van der Waals surface area contributed by atoms with E-state index in [2.05, 4.69) is 15.3 Å². The maximum atomic E-state index is 13.2. The van der Waals surface area contributed by atoms with Gasteiger partial charge in [0.25, 0.3) is 0 Å². The molecule has 0 bridgehead atoms. The molecule has 21 heavy (non-hydrogen) atoms. The number of aromatic nitrogens is 1. The van der Waals surface area contributed by atoms with Gasteiger partial charge in [-0.2, -0.15) is 0 Å². The molecule has 112 valence electrons. The van der Waals surface area contributed by atoms with E-state index in [4.69, 9.17) is 0 Å². The van der Waals surface area contributed by atoms with Crippen molar-refractivity contribution in [3.05, 3.63) is 51.7 Å². The van der Waals surface area contributed by atoms with E-state index in [0.717, 1.165) is 21.4 Å². The van der Waals surface area contributed by atoms with Gasteiger partial charge in [0.2, 0.25) is 0 Å². The molecule has 0 amide bonds. The second kappa shape index (κ2) is 7.17. The molecule has 2 aromatic rings. The molecule has 1 heterocycles. The Morgan fingerprint density at radius 2 is 2.29 bits per heavy atom. The molecule has 0 aliphatic carbocycles. The number of rotatable bonds is 4. The molecule has 0 radical (unpaired) electrons. The van der Waals surface area contributed by atoms with Crippen molar-refractivity contribution in [2.24, 2.45) is 4.99 Å². The molecule has 1 aromatic carbocycles. The topological polar surface area (TPSA) is 40.5 Å². The molecule has 1 N–H and O–H groups in total. The van der Waals surface area contributed by atoms with Crippen molar-refractivity contribution < 1.29 is 4.39 Å². The lowest BCUT2D eigenvalue weighted by Gasteiger charge is -2.22. The van der Waals surface area contributed by atoms with Gasteiger partial charge in [-0.3, -0.25) is 4.99 Å². The number of guanidine groups is 1. The third-order valence-electron chi connectivity index (χ3n) is 2.97. The SMILES string of the molecule is CN=C(NCc1cnc(C)s1)N(C)Cc1cccc(F)c1. The normalized spacial score (nSPS) is 11.5. The lowest BCUT2D eigenvalue weighted by Crippen LogP contribution is -2.37. The van der Waals surface area contributed by atoms with Crippen LogP contribution >= 0.6 is 11.3 Å². The van der Waals surface area contributed by atoms with E-state index in [1.54, 1.807) is 24.5 Å². The maximum Gasteiger partial charge on any atom is 0.193 e. The van der Waals surface area contributed by atoms with Gasteiger partial charge in [-0.15, -0.1) is 11.3 Å². The highest BCUT2D eigenvalue weighted by Gasteiger charge is 2.08. The number of halogens is 1. The first kappa shape index (κ1) is 15.4. The summed E-state index contributed by atoms with van der Waals surface area (Å²) in [5, 5.41) is 4.34. The Bertz CT molecular complexity index is 624. The zero-order valence-electron chi connectivity index (χ0n) is 12.4.